The molecule has 4 aromatic rings. The number of alkyl halides is 3. The maximum absolute atomic E-state index is 13.5. The first-order chi connectivity index (χ1) is 16.3. The number of hydrogen-bond donors (Lipinski definition) is 0. The third-order valence-electron chi connectivity index (χ3n) is 5.72. The maximum Gasteiger partial charge on any atom is 0.450 e. The van der Waals surface area contributed by atoms with Crippen LogP contribution in [0.15, 0.2) is 58.5 Å². The number of benzene rings is 2. The molecule has 0 saturated carbocycles. The van der Waals surface area contributed by atoms with Crippen molar-refractivity contribution in [2.45, 2.75) is 34.9 Å². The summed E-state index contributed by atoms with van der Waals surface area (Å²) < 4.78 is 52.7. The van der Waals surface area contributed by atoms with Crippen LogP contribution in [0.3, 0.4) is 0 Å². The lowest BCUT2D eigenvalue weighted by Gasteiger charge is -2.31. The van der Waals surface area contributed by atoms with Gasteiger partial charge in [0.05, 0.1) is 23.8 Å². The number of halogens is 3. The highest BCUT2D eigenvalue weighted by atomic mass is 32.2. The molecule has 176 valence electrons. The first-order valence-corrected chi connectivity index (χ1v) is 11.2. The van der Waals surface area contributed by atoms with Crippen molar-refractivity contribution >= 4 is 28.3 Å². The van der Waals surface area contributed by atoms with E-state index >= 15 is 0 Å². The van der Waals surface area contributed by atoms with Crippen LogP contribution in [-0.4, -0.2) is 35.2 Å². The van der Waals surface area contributed by atoms with Crippen LogP contribution in [0.25, 0.3) is 16.6 Å². The highest BCUT2D eigenvalue weighted by molar-refractivity contribution is 7.99. The highest BCUT2D eigenvalue weighted by Gasteiger charge is 2.37. The molecule has 0 aliphatic carbocycles. The van der Waals surface area contributed by atoms with Crippen molar-refractivity contribution in [1.82, 2.24) is 14.4 Å². The molecule has 0 aliphatic rings. The average Bonchev–Trinajstić information content (AvgIpc) is 3.28. The summed E-state index contributed by atoms with van der Waals surface area (Å²) in [6.45, 7) is 2.42. The number of imidazole rings is 1. The topological polar surface area (TPSA) is 72.4 Å². The van der Waals surface area contributed by atoms with Crippen molar-refractivity contribution < 1.29 is 22.6 Å². The van der Waals surface area contributed by atoms with Gasteiger partial charge in [-0.2, -0.15) is 18.4 Å². The fraction of sp³-hybridized carbons (Fsp3) is 0.292. The summed E-state index contributed by atoms with van der Waals surface area (Å²) in [7, 11) is 3.28. The van der Waals surface area contributed by atoms with Gasteiger partial charge in [-0.3, -0.25) is 4.40 Å². The molecule has 34 heavy (non-hydrogen) atoms. The van der Waals surface area contributed by atoms with E-state index in [4.69, 9.17) is 9.47 Å². The zero-order valence-electron chi connectivity index (χ0n) is 18.7. The quantitative estimate of drug-likeness (QED) is 0.328. The molecule has 6 nitrogen and oxygen atoms in total. The summed E-state index contributed by atoms with van der Waals surface area (Å²) in [6.07, 6.45) is -2.93. The Morgan fingerprint density at radius 3 is 2.50 bits per heavy atom. The zero-order valence-corrected chi connectivity index (χ0v) is 19.5. The summed E-state index contributed by atoms with van der Waals surface area (Å²) in [4.78, 5) is 9.47. The van der Waals surface area contributed by atoms with Gasteiger partial charge in [-0.15, -0.1) is 0 Å². The Kier molecular flexibility index (Phi) is 6.53. The number of rotatable bonds is 7. The molecule has 1 atom stereocenters. The third kappa shape index (κ3) is 4.22. The highest BCUT2D eigenvalue weighted by Crippen LogP contribution is 2.36. The van der Waals surface area contributed by atoms with Gasteiger partial charge in [0, 0.05) is 24.0 Å². The van der Waals surface area contributed by atoms with Gasteiger partial charge in [-0.1, -0.05) is 30.8 Å². The lowest BCUT2D eigenvalue weighted by Crippen LogP contribution is -2.33. The molecular weight excluding hydrogens is 465 g/mol. The monoisotopic (exact) mass is 486 g/mol. The lowest BCUT2D eigenvalue weighted by atomic mass is 9.92. The lowest BCUT2D eigenvalue weighted by molar-refractivity contribution is -0.145. The Morgan fingerprint density at radius 1 is 1.09 bits per heavy atom. The van der Waals surface area contributed by atoms with Crippen LogP contribution in [0.2, 0.25) is 0 Å². The molecule has 0 spiro atoms. The Morgan fingerprint density at radius 2 is 1.85 bits per heavy atom. The van der Waals surface area contributed by atoms with Crippen LogP contribution in [0.4, 0.5) is 13.2 Å². The number of hydrogen-bond acceptors (Lipinski definition) is 6. The van der Waals surface area contributed by atoms with Crippen LogP contribution >= 0.6 is 11.8 Å². The minimum absolute atomic E-state index is 0.0176. The van der Waals surface area contributed by atoms with E-state index in [-0.39, 0.29) is 22.2 Å². The van der Waals surface area contributed by atoms with Crippen LogP contribution < -0.4 is 0 Å². The van der Waals surface area contributed by atoms with E-state index in [0.717, 1.165) is 26.0 Å². The predicted molar refractivity (Wildman–Crippen MR) is 122 cm³/mol. The summed E-state index contributed by atoms with van der Waals surface area (Å²) in [6, 6.07) is 14.7. The van der Waals surface area contributed by atoms with E-state index < -0.39 is 17.6 Å². The second kappa shape index (κ2) is 9.25. The Hall–Kier alpha value is -3.13. The summed E-state index contributed by atoms with van der Waals surface area (Å²) in [5.41, 5.74) is 0.772. The van der Waals surface area contributed by atoms with E-state index in [1.165, 1.54) is 11.8 Å². The maximum atomic E-state index is 13.5. The molecule has 10 heteroatoms. The number of nitriles is 1. The molecule has 1 unspecified atom stereocenters. The standard InChI is InChI=1S/C24H21F3N4O2S/c1-4-23(33-3,14-32-2)15-6-5-7-16(10-15)34-17-8-9-20-18(11-17)30-19(12-28)21-13-29-22(31(20)21)24(25,26)27/h5-11,13H,4,14H2,1-3H3. The molecular formula is C24H21F3N4O2S. The van der Waals surface area contributed by atoms with Gasteiger partial charge in [-0.25, -0.2) is 9.97 Å². The number of ether oxygens (including phenoxy) is 2. The molecule has 0 aliphatic heterocycles. The third-order valence-corrected chi connectivity index (χ3v) is 6.70. The minimum Gasteiger partial charge on any atom is -0.381 e. The largest absolute Gasteiger partial charge is 0.450 e. The second-order valence-corrected chi connectivity index (χ2v) is 8.78. The van der Waals surface area contributed by atoms with E-state index in [1.54, 1.807) is 32.4 Å². The van der Waals surface area contributed by atoms with Crippen molar-refractivity contribution in [3.05, 3.63) is 65.7 Å². The Labute approximate surface area is 198 Å². The SMILES string of the molecule is CCC(COC)(OC)c1cccc(Sc2ccc3c(c2)nc(C#N)c2cnc(C(F)(F)F)n23)c1. The molecule has 4 rings (SSSR count). The van der Waals surface area contributed by atoms with Crippen LogP contribution in [-0.2, 0) is 21.3 Å². The molecule has 2 aromatic heterocycles. The second-order valence-electron chi connectivity index (χ2n) is 7.64. The van der Waals surface area contributed by atoms with Gasteiger partial charge in [-0.05, 0) is 42.3 Å². The summed E-state index contributed by atoms with van der Waals surface area (Å²) >= 11 is 1.44. The summed E-state index contributed by atoms with van der Waals surface area (Å²) in [5.74, 6) is -1.09. The first-order valence-electron chi connectivity index (χ1n) is 10.4. The smallest absolute Gasteiger partial charge is 0.381 e. The molecule has 2 heterocycles. The molecule has 0 radical (unpaired) electrons. The molecule has 0 saturated heterocycles. The van der Waals surface area contributed by atoms with Crippen molar-refractivity contribution in [3.8, 4) is 6.07 Å². The van der Waals surface area contributed by atoms with Gasteiger partial charge in [0.1, 0.15) is 17.2 Å². The molecule has 0 amide bonds. The van der Waals surface area contributed by atoms with Gasteiger partial charge in [0.15, 0.2) is 5.69 Å². The summed E-state index contributed by atoms with van der Waals surface area (Å²) in [5, 5.41) is 9.45. The molecule has 0 N–H and O–H groups in total. The van der Waals surface area contributed by atoms with Crippen LogP contribution in [0.1, 0.15) is 30.4 Å². The van der Waals surface area contributed by atoms with Crippen molar-refractivity contribution in [2.75, 3.05) is 20.8 Å². The first kappa shape index (κ1) is 24.0. The fourth-order valence-corrected chi connectivity index (χ4v) is 4.90. The van der Waals surface area contributed by atoms with Gasteiger partial charge in [0.25, 0.3) is 0 Å². The van der Waals surface area contributed by atoms with Crippen LogP contribution in [0, 0.1) is 11.3 Å². The molecule has 0 bridgehead atoms. The Bertz CT molecular complexity index is 1390. The van der Waals surface area contributed by atoms with Crippen LogP contribution in [0.5, 0.6) is 0 Å². The van der Waals surface area contributed by atoms with Crippen molar-refractivity contribution in [2.24, 2.45) is 0 Å². The minimum atomic E-state index is -4.67. The molecule has 0 fully saturated rings. The number of fused-ring (bicyclic) bond motifs is 3. The fourth-order valence-electron chi connectivity index (χ4n) is 3.99. The normalized spacial score (nSPS) is 13.8. The van der Waals surface area contributed by atoms with Crippen molar-refractivity contribution in [3.63, 3.8) is 0 Å². The predicted octanol–water partition coefficient (Wildman–Crippen LogP) is 5.82. The Balaban J connectivity index is 1.78. The van der Waals surface area contributed by atoms with E-state index in [1.807, 2.05) is 37.3 Å². The van der Waals surface area contributed by atoms with Gasteiger partial charge in [0.2, 0.25) is 5.82 Å². The number of methoxy groups -OCH3 is 2. The van der Waals surface area contributed by atoms with E-state index in [9.17, 15) is 18.4 Å². The van der Waals surface area contributed by atoms with E-state index in [2.05, 4.69) is 9.97 Å². The van der Waals surface area contributed by atoms with E-state index in [0.29, 0.717) is 13.0 Å². The number of aromatic nitrogens is 3. The zero-order chi connectivity index (χ0) is 24.5. The van der Waals surface area contributed by atoms with Gasteiger partial charge >= 0.3 is 6.18 Å². The molecule has 2 aromatic carbocycles. The number of nitrogens with zero attached hydrogens (tertiary/aromatic N) is 4. The van der Waals surface area contributed by atoms with Crippen molar-refractivity contribution in [1.29, 1.82) is 5.26 Å². The van der Waals surface area contributed by atoms with Gasteiger partial charge < -0.3 is 9.47 Å². The average molecular weight is 487 g/mol.